The second-order valence-electron chi connectivity index (χ2n) is 2.43. The van der Waals surface area contributed by atoms with Crippen molar-refractivity contribution in [2.24, 2.45) is 0 Å². The van der Waals surface area contributed by atoms with E-state index in [2.05, 4.69) is 16.1 Å². The largest absolute Gasteiger partial charge is 0.461 e. The average Bonchev–Trinajstić information content (AvgIpc) is 2.09. The van der Waals surface area contributed by atoms with Crippen LogP contribution in [-0.4, -0.2) is 44.5 Å². The zero-order chi connectivity index (χ0) is 11.2. The molecule has 82 valence electrons. The highest BCUT2D eigenvalue weighted by Crippen LogP contribution is 2.00. The number of carbonyl (C=O) groups excluding carboxylic acids is 1. The number of hydrogen-bond donors (Lipinski definition) is 1. The molecule has 0 saturated carbocycles. The summed E-state index contributed by atoms with van der Waals surface area (Å²) in [4.78, 5) is 10.6. The van der Waals surface area contributed by atoms with Crippen LogP contribution in [0.3, 0.4) is 0 Å². The summed E-state index contributed by atoms with van der Waals surface area (Å²) in [6.07, 6.45) is 0.897. The second-order valence-corrected chi connectivity index (χ2v) is 4.12. The van der Waals surface area contributed by atoms with Gasteiger partial charge >= 0.3 is 5.97 Å². The summed E-state index contributed by atoms with van der Waals surface area (Å²) < 4.78 is 39.0. The van der Waals surface area contributed by atoms with Gasteiger partial charge in [0.05, 0.1) is 6.61 Å². The first-order valence-corrected chi connectivity index (χ1v) is 5.16. The van der Waals surface area contributed by atoms with Gasteiger partial charge in [-0.25, -0.2) is 4.79 Å². The van der Waals surface area contributed by atoms with Gasteiger partial charge in [0.1, 0.15) is 11.9 Å². The van der Waals surface area contributed by atoms with E-state index in [4.69, 9.17) is 4.55 Å². The van der Waals surface area contributed by atoms with Crippen LogP contribution in [0.1, 0.15) is 0 Å². The first kappa shape index (κ1) is 13.1. The molecule has 0 fully saturated rings. The minimum absolute atomic E-state index is 0.247. The second kappa shape index (κ2) is 5.74. The predicted molar refractivity (Wildman–Crippen MR) is 48.4 cm³/mol. The predicted octanol–water partition coefficient (Wildman–Crippen LogP) is -0.382. The maximum atomic E-state index is 10.7. The maximum absolute atomic E-state index is 10.7. The molecule has 0 saturated heterocycles. The molecule has 0 amide bonds. The van der Waals surface area contributed by atoms with Crippen molar-refractivity contribution in [2.45, 2.75) is 5.25 Å². The Morgan fingerprint density at radius 2 is 2.14 bits per heavy atom. The molecule has 6 nitrogen and oxygen atoms in total. The van der Waals surface area contributed by atoms with E-state index in [1.165, 1.54) is 7.11 Å². The molecule has 7 heteroatoms. The molecule has 1 unspecified atom stereocenters. The summed E-state index contributed by atoms with van der Waals surface area (Å²) in [6.45, 7) is 2.42. The van der Waals surface area contributed by atoms with Crippen LogP contribution in [-0.2, 0) is 24.4 Å². The van der Waals surface area contributed by atoms with E-state index in [0.29, 0.717) is 0 Å². The zero-order valence-electron chi connectivity index (χ0n) is 7.67. The first-order valence-electron chi connectivity index (χ1n) is 3.66. The molecule has 1 atom stereocenters. The average molecular weight is 224 g/mol. The van der Waals surface area contributed by atoms with Crippen LogP contribution in [0.2, 0.25) is 0 Å². The van der Waals surface area contributed by atoms with E-state index in [-0.39, 0.29) is 6.61 Å². The van der Waals surface area contributed by atoms with Gasteiger partial charge in [0.15, 0.2) is 0 Å². The lowest BCUT2D eigenvalue weighted by atomic mass is 10.5. The number of hydrogen-bond acceptors (Lipinski definition) is 5. The van der Waals surface area contributed by atoms with Crippen LogP contribution >= 0.6 is 0 Å². The van der Waals surface area contributed by atoms with Crippen molar-refractivity contribution in [2.75, 3.05) is 20.3 Å². The van der Waals surface area contributed by atoms with Crippen LogP contribution in [0.5, 0.6) is 0 Å². The van der Waals surface area contributed by atoms with Crippen molar-refractivity contribution in [1.29, 1.82) is 0 Å². The molecule has 0 aliphatic rings. The summed E-state index contributed by atoms with van der Waals surface area (Å²) in [5, 5.41) is -1.27. The molecule has 0 aromatic rings. The molecule has 0 aliphatic heterocycles. The highest BCUT2D eigenvalue weighted by atomic mass is 32.2. The van der Waals surface area contributed by atoms with Crippen molar-refractivity contribution in [1.82, 2.24) is 0 Å². The Morgan fingerprint density at radius 3 is 2.50 bits per heavy atom. The van der Waals surface area contributed by atoms with Gasteiger partial charge in [-0.3, -0.25) is 4.55 Å². The Morgan fingerprint density at radius 1 is 1.57 bits per heavy atom. The molecule has 0 aromatic heterocycles. The van der Waals surface area contributed by atoms with Crippen LogP contribution < -0.4 is 0 Å². The lowest BCUT2D eigenvalue weighted by Gasteiger charge is -2.11. The van der Waals surface area contributed by atoms with E-state index >= 15 is 0 Å². The Bertz CT molecular complexity index is 293. The van der Waals surface area contributed by atoms with E-state index in [0.717, 1.165) is 6.08 Å². The topological polar surface area (TPSA) is 89.9 Å². The summed E-state index contributed by atoms with van der Waals surface area (Å²) in [6, 6.07) is 0. The molecule has 14 heavy (non-hydrogen) atoms. The van der Waals surface area contributed by atoms with Crippen molar-refractivity contribution in [3.63, 3.8) is 0 Å². The summed E-state index contributed by atoms with van der Waals surface area (Å²) in [7, 11) is -3.00. The van der Waals surface area contributed by atoms with Crippen molar-refractivity contribution >= 4 is 16.1 Å². The SMILES string of the molecule is C=CC(=O)OCC(COC)S(=O)(=O)O. The summed E-state index contributed by atoms with van der Waals surface area (Å²) in [5.41, 5.74) is 0. The third-order valence-corrected chi connectivity index (χ3v) is 2.47. The van der Waals surface area contributed by atoms with E-state index in [9.17, 15) is 13.2 Å². The minimum Gasteiger partial charge on any atom is -0.461 e. The van der Waals surface area contributed by atoms with Crippen LogP contribution in [0.4, 0.5) is 0 Å². The third kappa shape index (κ3) is 4.95. The van der Waals surface area contributed by atoms with Gasteiger partial charge < -0.3 is 9.47 Å². The quantitative estimate of drug-likeness (QED) is 0.375. The van der Waals surface area contributed by atoms with Gasteiger partial charge in [-0.1, -0.05) is 6.58 Å². The lowest BCUT2D eigenvalue weighted by Crippen LogP contribution is -2.31. The molecule has 0 heterocycles. The van der Waals surface area contributed by atoms with Gasteiger partial charge in [0.2, 0.25) is 0 Å². The lowest BCUT2D eigenvalue weighted by molar-refractivity contribution is -0.137. The highest BCUT2D eigenvalue weighted by Gasteiger charge is 2.24. The Kier molecular flexibility index (Phi) is 5.36. The van der Waals surface area contributed by atoms with Gasteiger partial charge in [-0.15, -0.1) is 0 Å². The Labute approximate surface area is 82.3 Å². The van der Waals surface area contributed by atoms with Crippen molar-refractivity contribution in [3.8, 4) is 0 Å². The molecule has 0 radical (unpaired) electrons. The minimum atomic E-state index is -4.27. The fourth-order valence-corrected chi connectivity index (χ4v) is 1.19. The summed E-state index contributed by atoms with van der Waals surface area (Å²) >= 11 is 0. The fraction of sp³-hybridized carbons (Fsp3) is 0.571. The normalized spacial score (nSPS) is 13.3. The monoisotopic (exact) mass is 224 g/mol. The van der Waals surface area contributed by atoms with Gasteiger partial charge in [-0.05, 0) is 0 Å². The van der Waals surface area contributed by atoms with Crippen LogP contribution in [0, 0.1) is 0 Å². The Balaban J connectivity index is 4.25. The Hall–Kier alpha value is -0.920. The van der Waals surface area contributed by atoms with Crippen molar-refractivity contribution < 1.29 is 27.2 Å². The number of rotatable bonds is 6. The number of carbonyl (C=O) groups is 1. The number of ether oxygens (including phenoxy) is 2. The van der Waals surface area contributed by atoms with Crippen LogP contribution in [0.15, 0.2) is 12.7 Å². The molecule has 0 spiro atoms. The molecular weight excluding hydrogens is 212 g/mol. The highest BCUT2D eigenvalue weighted by molar-refractivity contribution is 7.86. The maximum Gasteiger partial charge on any atom is 0.330 e. The van der Waals surface area contributed by atoms with Crippen molar-refractivity contribution in [3.05, 3.63) is 12.7 Å². The van der Waals surface area contributed by atoms with E-state index in [1.54, 1.807) is 0 Å². The molecule has 0 aliphatic carbocycles. The first-order chi connectivity index (χ1) is 6.41. The van der Waals surface area contributed by atoms with Gasteiger partial charge in [0.25, 0.3) is 10.1 Å². The molecule has 0 aromatic carbocycles. The number of esters is 1. The number of methoxy groups -OCH3 is 1. The van der Waals surface area contributed by atoms with Crippen LogP contribution in [0.25, 0.3) is 0 Å². The van der Waals surface area contributed by atoms with Gasteiger partial charge in [0, 0.05) is 13.2 Å². The molecule has 0 rings (SSSR count). The molecular formula is C7H12O6S. The van der Waals surface area contributed by atoms with Gasteiger partial charge in [-0.2, -0.15) is 8.42 Å². The van der Waals surface area contributed by atoms with E-state index in [1.807, 2.05) is 0 Å². The smallest absolute Gasteiger partial charge is 0.330 e. The summed E-state index contributed by atoms with van der Waals surface area (Å²) in [5.74, 6) is -0.755. The standard InChI is InChI=1S/C7H12O6S/c1-3-7(8)13-5-6(4-12-2)14(9,10)11/h3,6H,1,4-5H2,2H3,(H,9,10,11). The van der Waals surface area contributed by atoms with E-state index < -0.39 is 27.9 Å². The molecule has 0 bridgehead atoms. The molecule has 1 N–H and O–H groups in total. The fourth-order valence-electron chi connectivity index (χ4n) is 0.640. The zero-order valence-corrected chi connectivity index (χ0v) is 8.49. The third-order valence-electron chi connectivity index (χ3n) is 1.35.